The van der Waals surface area contributed by atoms with Gasteiger partial charge in [0.2, 0.25) is 0 Å². The number of benzene rings is 2. The molecule has 3 aromatic rings. The minimum absolute atomic E-state index is 0.113. The molecule has 0 aliphatic carbocycles. The quantitative estimate of drug-likeness (QED) is 0.621. The number of carbonyl (C=O) groups excluding carboxylic acids is 1. The Labute approximate surface area is 172 Å². The molecule has 0 fully saturated rings. The van der Waals surface area contributed by atoms with Gasteiger partial charge in [-0.15, -0.1) is 0 Å². The highest BCUT2D eigenvalue weighted by molar-refractivity contribution is 5.94. The first-order chi connectivity index (χ1) is 13.9. The second-order valence-electron chi connectivity index (χ2n) is 7.78. The first kappa shape index (κ1) is 20.6. The maximum absolute atomic E-state index is 13.0. The summed E-state index contributed by atoms with van der Waals surface area (Å²) in [6, 6.07) is 15.7. The normalized spacial score (nSPS) is 11.0. The van der Waals surface area contributed by atoms with Crippen LogP contribution in [0.25, 0.3) is 16.9 Å². The van der Waals surface area contributed by atoms with Crippen molar-refractivity contribution in [2.24, 2.45) is 5.92 Å². The summed E-state index contributed by atoms with van der Waals surface area (Å²) in [6.07, 6.45) is 0.939. The summed E-state index contributed by atoms with van der Waals surface area (Å²) < 4.78 is 6.99. The molecule has 0 spiro atoms. The maximum atomic E-state index is 13.0. The molecule has 29 heavy (non-hydrogen) atoms. The third-order valence-electron chi connectivity index (χ3n) is 4.92. The fourth-order valence-corrected chi connectivity index (χ4v) is 3.24. The van der Waals surface area contributed by atoms with Crippen molar-refractivity contribution in [2.45, 2.75) is 34.1 Å². The Hall–Kier alpha value is -3.08. The molecule has 0 atom stereocenters. The van der Waals surface area contributed by atoms with E-state index >= 15 is 0 Å². The van der Waals surface area contributed by atoms with Crippen LogP contribution in [0.2, 0.25) is 0 Å². The van der Waals surface area contributed by atoms with Crippen LogP contribution in [0, 0.1) is 19.8 Å². The lowest BCUT2D eigenvalue weighted by Crippen LogP contribution is -2.27. The Morgan fingerprint density at radius 3 is 2.45 bits per heavy atom. The average Bonchev–Trinajstić information content (AvgIpc) is 3.13. The summed E-state index contributed by atoms with van der Waals surface area (Å²) in [4.78, 5) is 13.0. The van der Waals surface area contributed by atoms with Gasteiger partial charge in [-0.2, -0.15) is 5.10 Å². The maximum Gasteiger partial charge on any atom is 0.270 e. The van der Waals surface area contributed by atoms with Gasteiger partial charge in [0.15, 0.2) is 0 Å². The van der Waals surface area contributed by atoms with Crippen molar-refractivity contribution in [3.8, 4) is 22.7 Å². The van der Waals surface area contributed by atoms with Crippen LogP contribution in [0.4, 0.5) is 0 Å². The average molecular weight is 392 g/mol. The van der Waals surface area contributed by atoms with Crippen molar-refractivity contribution >= 4 is 5.91 Å². The number of ether oxygens (including phenoxy) is 1. The lowest BCUT2D eigenvalue weighted by Gasteiger charge is -2.12. The van der Waals surface area contributed by atoms with Crippen molar-refractivity contribution in [2.75, 3.05) is 13.7 Å². The molecule has 2 aromatic carbocycles. The van der Waals surface area contributed by atoms with Crippen LogP contribution in [-0.2, 0) is 0 Å². The standard InChI is InChI=1S/C24H29N3O2/c1-16(2)12-13-25-24(28)23-15-21(19-7-9-20(29-5)10-8-19)26-27(23)22-11-6-17(3)14-18(22)4/h6-11,14-16H,12-13H2,1-5H3,(H,25,28). The third kappa shape index (κ3) is 4.86. The predicted octanol–water partition coefficient (Wildman–Crippen LogP) is 4.94. The number of hydrogen-bond acceptors (Lipinski definition) is 3. The molecule has 0 unspecified atom stereocenters. The fourth-order valence-electron chi connectivity index (χ4n) is 3.24. The first-order valence-electron chi connectivity index (χ1n) is 9.99. The summed E-state index contributed by atoms with van der Waals surface area (Å²) in [5.74, 6) is 1.21. The SMILES string of the molecule is COc1ccc(-c2cc(C(=O)NCCC(C)C)n(-c3ccc(C)cc3C)n2)cc1. The Morgan fingerprint density at radius 2 is 1.83 bits per heavy atom. The van der Waals surface area contributed by atoms with E-state index in [-0.39, 0.29) is 5.91 Å². The molecule has 0 saturated heterocycles. The van der Waals surface area contributed by atoms with Gasteiger partial charge in [0.25, 0.3) is 5.91 Å². The van der Waals surface area contributed by atoms with Crippen LogP contribution >= 0.6 is 0 Å². The van der Waals surface area contributed by atoms with E-state index in [4.69, 9.17) is 9.84 Å². The van der Waals surface area contributed by atoms with E-state index in [0.717, 1.165) is 34.7 Å². The van der Waals surface area contributed by atoms with Crippen LogP contribution < -0.4 is 10.1 Å². The number of hydrogen-bond donors (Lipinski definition) is 1. The molecule has 0 aliphatic heterocycles. The zero-order valence-electron chi connectivity index (χ0n) is 17.8. The molecule has 1 N–H and O–H groups in total. The van der Waals surface area contributed by atoms with Gasteiger partial charge in [0.1, 0.15) is 11.4 Å². The molecule has 5 heteroatoms. The number of nitrogens with zero attached hydrogens (tertiary/aromatic N) is 2. The van der Waals surface area contributed by atoms with E-state index < -0.39 is 0 Å². The molecule has 1 amide bonds. The summed E-state index contributed by atoms with van der Waals surface area (Å²) in [5.41, 5.74) is 5.38. The van der Waals surface area contributed by atoms with Crippen molar-refractivity contribution < 1.29 is 9.53 Å². The van der Waals surface area contributed by atoms with Gasteiger partial charge in [-0.3, -0.25) is 4.79 Å². The number of carbonyl (C=O) groups is 1. The minimum atomic E-state index is -0.113. The second-order valence-corrected chi connectivity index (χ2v) is 7.78. The number of nitrogens with one attached hydrogen (secondary N) is 1. The highest BCUT2D eigenvalue weighted by Crippen LogP contribution is 2.25. The largest absolute Gasteiger partial charge is 0.497 e. The van der Waals surface area contributed by atoms with Crippen LogP contribution in [0.5, 0.6) is 5.75 Å². The number of amides is 1. The Balaban J connectivity index is 2.01. The third-order valence-corrected chi connectivity index (χ3v) is 4.92. The highest BCUT2D eigenvalue weighted by Gasteiger charge is 2.18. The molecule has 1 heterocycles. The van der Waals surface area contributed by atoms with E-state index in [1.807, 2.05) is 49.4 Å². The number of aryl methyl sites for hydroxylation is 2. The molecule has 0 bridgehead atoms. The molecule has 3 rings (SSSR count). The van der Waals surface area contributed by atoms with Gasteiger partial charge in [0, 0.05) is 12.1 Å². The highest BCUT2D eigenvalue weighted by atomic mass is 16.5. The van der Waals surface area contributed by atoms with Gasteiger partial charge in [-0.25, -0.2) is 4.68 Å². The van der Waals surface area contributed by atoms with Gasteiger partial charge >= 0.3 is 0 Å². The minimum Gasteiger partial charge on any atom is -0.497 e. The summed E-state index contributed by atoms with van der Waals surface area (Å²) in [5, 5.41) is 7.81. The smallest absolute Gasteiger partial charge is 0.270 e. The van der Waals surface area contributed by atoms with E-state index in [1.54, 1.807) is 11.8 Å². The van der Waals surface area contributed by atoms with E-state index in [2.05, 4.69) is 32.2 Å². The molecule has 152 valence electrons. The fraction of sp³-hybridized carbons (Fsp3) is 0.333. The van der Waals surface area contributed by atoms with Crippen LogP contribution in [-0.4, -0.2) is 29.3 Å². The van der Waals surface area contributed by atoms with Crippen molar-refractivity contribution in [1.82, 2.24) is 15.1 Å². The molecule has 5 nitrogen and oxygen atoms in total. The molecular formula is C24H29N3O2. The monoisotopic (exact) mass is 391 g/mol. The van der Waals surface area contributed by atoms with E-state index in [1.165, 1.54) is 5.56 Å². The molecule has 0 saturated carbocycles. The zero-order valence-corrected chi connectivity index (χ0v) is 17.8. The van der Waals surface area contributed by atoms with Crippen molar-refractivity contribution in [1.29, 1.82) is 0 Å². The van der Waals surface area contributed by atoms with Crippen LogP contribution in [0.3, 0.4) is 0 Å². The van der Waals surface area contributed by atoms with Gasteiger partial charge < -0.3 is 10.1 Å². The van der Waals surface area contributed by atoms with E-state index in [0.29, 0.717) is 18.2 Å². The Morgan fingerprint density at radius 1 is 1.10 bits per heavy atom. The van der Waals surface area contributed by atoms with Crippen molar-refractivity contribution in [3.63, 3.8) is 0 Å². The number of methoxy groups -OCH3 is 1. The Bertz CT molecular complexity index is 988. The molecule has 0 aliphatic rings. The lowest BCUT2D eigenvalue weighted by molar-refractivity contribution is 0.0944. The second kappa shape index (κ2) is 8.95. The molecule has 1 aromatic heterocycles. The van der Waals surface area contributed by atoms with Gasteiger partial charge in [0.05, 0.1) is 18.5 Å². The van der Waals surface area contributed by atoms with Gasteiger partial charge in [-0.05, 0) is 68.1 Å². The zero-order chi connectivity index (χ0) is 21.0. The predicted molar refractivity (Wildman–Crippen MR) is 117 cm³/mol. The van der Waals surface area contributed by atoms with E-state index in [9.17, 15) is 4.79 Å². The first-order valence-corrected chi connectivity index (χ1v) is 9.99. The lowest BCUT2D eigenvalue weighted by atomic mass is 10.1. The van der Waals surface area contributed by atoms with Crippen LogP contribution in [0.15, 0.2) is 48.5 Å². The number of rotatable bonds is 7. The number of aromatic nitrogens is 2. The Kier molecular flexibility index (Phi) is 6.37. The van der Waals surface area contributed by atoms with Crippen molar-refractivity contribution in [3.05, 3.63) is 65.4 Å². The summed E-state index contributed by atoms with van der Waals surface area (Å²) in [7, 11) is 1.64. The topological polar surface area (TPSA) is 56.1 Å². The molecule has 0 radical (unpaired) electrons. The summed E-state index contributed by atoms with van der Waals surface area (Å²) in [6.45, 7) is 9.04. The molecular weight excluding hydrogens is 362 g/mol. The van der Waals surface area contributed by atoms with Gasteiger partial charge in [-0.1, -0.05) is 31.5 Å². The summed E-state index contributed by atoms with van der Waals surface area (Å²) >= 11 is 0. The van der Waals surface area contributed by atoms with Crippen LogP contribution in [0.1, 0.15) is 41.9 Å².